The molecule has 0 bridgehead atoms. The minimum atomic E-state index is 0.654. The van der Waals surface area contributed by atoms with Gasteiger partial charge in [0, 0.05) is 19.0 Å². The smallest absolute Gasteiger partial charge is 0.0264 e. The van der Waals surface area contributed by atoms with Crippen LogP contribution in [0.2, 0.25) is 0 Å². The highest BCUT2D eigenvalue weighted by molar-refractivity contribution is 6.18. The van der Waals surface area contributed by atoms with Gasteiger partial charge in [-0.15, -0.1) is 11.6 Å². The number of hydrogen-bond donors (Lipinski definition) is 0. The Balaban J connectivity index is 1.77. The average Bonchev–Trinajstić information content (AvgIpc) is 2.49. The van der Waals surface area contributed by atoms with Crippen LogP contribution < -0.4 is 0 Å². The first-order valence-corrected chi connectivity index (χ1v) is 6.04. The third-order valence-corrected chi connectivity index (χ3v) is 4.19. The maximum Gasteiger partial charge on any atom is 0.0264 e. The van der Waals surface area contributed by atoms with Crippen LogP contribution in [0.4, 0.5) is 0 Å². The Morgan fingerprint density at radius 3 is 2.69 bits per heavy atom. The SMILES string of the molecule is CC1(CN2CCC(CCl)C2)CCC1. The summed E-state index contributed by atoms with van der Waals surface area (Å²) in [7, 11) is 0. The van der Waals surface area contributed by atoms with Crippen molar-refractivity contribution < 1.29 is 0 Å². The fraction of sp³-hybridized carbons (Fsp3) is 1.00. The van der Waals surface area contributed by atoms with Crippen LogP contribution in [0, 0.1) is 11.3 Å². The second kappa shape index (κ2) is 3.78. The molecule has 1 saturated heterocycles. The van der Waals surface area contributed by atoms with Gasteiger partial charge in [-0.2, -0.15) is 0 Å². The minimum absolute atomic E-state index is 0.654. The zero-order valence-corrected chi connectivity index (χ0v) is 9.32. The number of likely N-dealkylation sites (tertiary alicyclic amines) is 1. The summed E-state index contributed by atoms with van der Waals surface area (Å²) in [6.07, 6.45) is 5.65. The van der Waals surface area contributed by atoms with Crippen LogP contribution in [-0.2, 0) is 0 Å². The lowest BCUT2D eigenvalue weighted by molar-refractivity contribution is 0.0970. The van der Waals surface area contributed by atoms with E-state index in [2.05, 4.69) is 11.8 Å². The summed E-state index contributed by atoms with van der Waals surface area (Å²) in [5.74, 6) is 1.62. The number of nitrogens with zero attached hydrogens (tertiary/aromatic N) is 1. The van der Waals surface area contributed by atoms with E-state index in [-0.39, 0.29) is 0 Å². The van der Waals surface area contributed by atoms with E-state index in [4.69, 9.17) is 11.6 Å². The Labute approximate surface area is 86.4 Å². The number of hydrogen-bond acceptors (Lipinski definition) is 1. The van der Waals surface area contributed by atoms with Gasteiger partial charge < -0.3 is 4.90 Å². The largest absolute Gasteiger partial charge is 0.302 e. The average molecular weight is 202 g/mol. The lowest BCUT2D eigenvalue weighted by atomic mass is 9.70. The zero-order valence-electron chi connectivity index (χ0n) is 8.56. The molecule has 76 valence electrons. The molecule has 1 saturated carbocycles. The van der Waals surface area contributed by atoms with Gasteiger partial charge in [0.2, 0.25) is 0 Å². The second-order valence-corrected chi connectivity index (χ2v) is 5.52. The molecule has 13 heavy (non-hydrogen) atoms. The summed E-state index contributed by atoms with van der Waals surface area (Å²) in [6, 6.07) is 0. The molecular formula is C11H20ClN. The molecule has 0 N–H and O–H groups in total. The van der Waals surface area contributed by atoms with Crippen molar-refractivity contribution in [2.45, 2.75) is 32.6 Å². The van der Waals surface area contributed by atoms with Gasteiger partial charge in [0.1, 0.15) is 0 Å². The van der Waals surface area contributed by atoms with Crippen molar-refractivity contribution in [2.24, 2.45) is 11.3 Å². The summed E-state index contributed by atoms with van der Waals surface area (Å²) < 4.78 is 0. The molecule has 1 heterocycles. The van der Waals surface area contributed by atoms with Crippen molar-refractivity contribution in [3.63, 3.8) is 0 Å². The van der Waals surface area contributed by atoms with Crippen LogP contribution in [0.5, 0.6) is 0 Å². The molecule has 1 aliphatic carbocycles. The maximum atomic E-state index is 5.87. The van der Waals surface area contributed by atoms with Crippen LogP contribution in [0.25, 0.3) is 0 Å². The van der Waals surface area contributed by atoms with Gasteiger partial charge in [-0.25, -0.2) is 0 Å². The summed E-state index contributed by atoms with van der Waals surface area (Å²) in [4.78, 5) is 2.62. The molecule has 0 aromatic rings. The zero-order chi connectivity index (χ0) is 9.31. The lowest BCUT2D eigenvalue weighted by Crippen LogP contribution is -2.39. The highest BCUT2D eigenvalue weighted by Crippen LogP contribution is 2.41. The Kier molecular flexibility index (Phi) is 2.85. The van der Waals surface area contributed by atoms with E-state index in [0.717, 1.165) is 11.8 Å². The predicted molar refractivity (Wildman–Crippen MR) is 57.2 cm³/mol. The summed E-state index contributed by atoms with van der Waals surface area (Å²) >= 11 is 5.87. The van der Waals surface area contributed by atoms with E-state index in [1.807, 2.05) is 0 Å². The molecule has 1 unspecified atom stereocenters. The van der Waals surface area contributed by atoms with Crippen LogP contribution in [0.3, 0.4) is 0 Å². The molecule has 2 fully saturated rings. The lowest BCUT2D eigenvalue weighted by Gasteiger charge is -2.41. The number of rotatable bonds is 3. The fourth-order valence-corrected chi connectivity index (χ4v) is 2.91. The maximum absolute atomic E-state index is 5.87. The van der Waals surface area contributed by atoms with E-state index in [1.54, 1.807) is 0 Å². The molecule has 0 aromatic carbocycles. The molecule has 2 heteroatoms. The van der Waals surface area contributed by atoms with Crippen LogP contribution in [-0.4, -0.2) is 30.4 Å². The van der Waals surface area contributed by atoms with Crippen LogP contribution in [0.15, 0.2) is 0 Å². The van der Waals surface area contributed by atoms with E-state index in [9.17, 15) is 0 Å². The van der Waals surface area contributed by atoms with Crippen LogP contribution >= 0.6 is 11.6 Å². The van der Waals surface area contributed by atoms with Gasteiger partial charge in [0.25, 0.3) is 0 Å². The van der Waals surface area contributed by atoms with E-state index >= 15 is 0 Å². The van der Waals surface area contributed by atoms with Crippen molar-refractivity contribution in [3.05, 3.63) is 0 Å². The van der Waals surface area contributed by atoms with E-state index in [1.165, 1.54) is 45.3 Å². The van der Waals surface area contributed by atoms with Crippen molar-refractivity contribution in [1.82, 2.24) is 4.90 Å². The van der Waals surface area contributed by atoms with Crippen molar-refractivity contribution in [3.8, 4) is 0 Å². The van der Waals surface area contributed by atoms with Gasteiger partial charge in [-0.05, 0) is 37.1 Å². The van der Waals surface area contributed by atoms with Crippen molar-refractivity contribution in [2.75, 3.05) is 25.5 Å². The Morgan fingerprint density at radius 1 is 1.46 bits per heavy atom. The topological polar surface area (TPSA) is 3.24 Å². The first kappa shape index (κ1) is 9.79. The Hall–Kier alpha value is 0.250. The standard InChI is InChI=1S/C11H20ClN/c1-11(4-2-5-11)9-13-6-3-10(7-12)8-13/h10H,2-9H2,1H3. The molecule has 1 atom stereocenters. The monoisotopic (exact) mass is 201 g/mol. The normalized spacial score (nSPS) is 33.2. The minimum Gasteiger partial charge on any atom is -0.302 e. The number of alkyl halides is 1. The first-order chi connectivity index (χ1) is 6.22. The van der Waals surface area contributed by atoms with Gasteiger partial charge in [0.15, 0.2) is 0 Å². The van der Waals surface area contributed by atoms with Gasteiger partial charge in [-0.1, -0.05) is 13.3 Å². The number of halogens is 1. The molecule has 2 rings (SSSR count). The quantitative estimate of drug-likeness (QED) is 0.635. The summed E-state index contributed by atoms with van der Waals surface area (Å²) in [6.45, 7) is 6.29. The molecule has 0 spiro atoms. The fourth-order valence-electron chi connectivity index (χ4n) is 2.66. The van der Waals surface area contributed by atoms with Gasteiger partial charge >= 0.3 is 0 Å². The molecule has 1 aliphatic heterocycles. The first-order valence-electron chi connectivity index (χ1n) is 5.50. The van der Waals surface area contributed by atoms with Crippen LogP contribution in [0.1, 0.15) is 32.6 Å². The molecule has 0 radical (unpaired) electrons. The highest BCUT2D eigenvalue weighted by atomic mass is 35.5. The predicted octanol–water partition coefficient (Wildman–Crippen LogP) is 2.74. The Morgan fingerprint density at radius 2 is 2.23 bits per heavy atom. The summed E-state index contributed by atoms with van der Waals surface area (Å²) in [5, 5.41) is 0. The van der Waals surface area contributed by atoms with Crippen molar-refractivity contribution >= 4 is 11.6 Å². The third-order valence-electron chi connectivity index (χ3n) is 3.75. The van der Waals surface area contributed by atoms with Gasteiger partial charge in [-0.3, -0.25) is 0 Å². The van der Waals surface area contributed by atoms with Crippen molar-refractivity contribution in [1.29, 1.82) is 0 Å². The molecular weight excluding hydrogens is 182 g/mol. The molecule has 0 aromatic heterocycles. The van der Waals surface area contributed by atoms with E-state index in [0.29, 0.717) is 5.41 Å². The molecule has 0 amide bonds. The second-order valence-electron chi connectivity index (χ2n) is 5.21. The third kappa shape index (κ3) is 2.19. The molecule has 1 nitrogen and oxygen atoms in total. The van der Waals surface area contributed by atoms with Gasteiger partial charge in [0.05, 0.1) is 0 Å². The van der Waals surface area contributed by atoms with E-state index < -0.39 is 0 Å². The summed E-state index contributed by atoms with van der Waals surface area (Å²) in [5.41, 5.74) is 0.654. The Bertz CT molecular complexity index is 177. The highest BCUT2D eigenvalue weighted by Gasteiger charge is 2.35. The molecule has 2 aliphatic rings.